The maximum absolute atomic E-state index is 13.7. The SMILES string of the molecule is O=C([C@@H]1[C@@H](CO)[C@@H]2Cn3c(cccc3=O)[C@H]1N2C(=O)c1ccc(F)cc1)N1CCCCC1. The molecule has 4 atom stereocenters. The average molecular weight is 439 g/mol. The summed E-state index contributed by atoms with van der Waals surface area (Å²) in [4.78, 5) is 43.4. The zero-order valence-electron chi connectivity index (χ0n) is 17.7. The molecule has 2 aromatic rings. The summed E-state index contributed by atoms with van der Waals surface area (Å²) >= 11 is 0. The number of pyridine rings is 1. The summed E-state index contributed by atoms with van der Waals surface area (Å²) in [5.41, 5.74) is 0.737. The van der Waals surface area contributed by atoms with Crippen LogP contribution in [-0.2, 0) is 11.3 Å². The van der Waals surface area contributed by atoms with Crippen molar-refractivity contribution in [3.8, 4) is 0 Å². The molecular weight excluding hydrogens is 413 g/mol. The van der Waals surface area contributed by atoms with Crippen LogP contribution in [-0.4, -0.2) is 57.0 Å². The van der Waals surface area contributed by atoms with Crippen LogP contribution in [0, 0.1) is 17.7 Å². The monoisotopic (exact) mass is 439 g/mol. The molecule has 0 spiro atoms. The van der Waals surface area contributed by atoms with E-state index in [0.29, 0.717) is 24.3 Å². The number of aliphatic hydroxyl groups excluding tert-OH is 1. The molecule has 0 unspecified atom stereocenters. The van der Waals surface area contributed by atoms with Gasteiger partial charge in [-0.2, -0.15) is 0 Å². The maximum Gasteiger partial charge on any atom is 0.254 e. The second-order valence-electron chi connectivity index (χ2n) is 8.89. The lowest BCUT2D eigenvalue weighted by atomic mass is 9.85. The minimum absolute atomic E-state index is 0.0714. The number of carbonyl (C=O) groups excluding carboxylic acids is 2. The van der Waals surface area contributed by atoms with E-state index in [9.17, 15) is 23.9 Å². The number of rotatable bonds is 3. The molecule has 0 aliphatic carbocycles. The Morgan fingerprint density at radius 3 is 2.44 bits per heavy atom. The molecule has 2 bridgehead atoms. The van der Waals surface area contributed by atoms with Crippen LogP contribution >= 0.6 is 0 Å². The second-order valence-corrected chi connectivity index (χ2v) is 8.89. The van der Waals surface area contributed by atoms with Gasteiger partial charge in [0.2, 0.25) is 5.91 Å². The van der Waals surface area contributed by atoms with E-state index in [2.05, 4.69) is 0 Å². The van der Waals surface area contributed by atoms with Gasteiger partial charge in [-0.05, 0) is 49.6 Å². The number of nitrogens with zero attached hydrogens (tertiary/aromatic N) is 3. The van der Waals surface area contributed by atoms with Crippen LogP contribution in [0.15, 0.2) is 47.3 Å². The van der Waals surface area contributed by atoms with Crippen molar-refractivity contribution in [3.05, 3.63) is 69.9 Å². The van der Waals surface area contributed by atoms with E-state index in [1.165, 1.54) is 30.3 Å². The summed E-state index contributed by atoms with van der Waals surface area (Å²) in [6, 6.07) is 9.05. The average Bonchev–Trinajstić information content (AvgIpc) is 3.06. The first-order valence-electron chi connectivity index (χ1n) is 11.2. The van der Waals surface area contributed by atoms with Crippen molar-refractivity contribution in [2.24, 2.45) is 11.8 Å². The third kappa shape index (κ3) is 3.24. The number of halogens is 1. The maximum atomic E-state index is 13.7. The lowest BCUT2D eigenvalue weighted by Crippen LogP contribution is -2.49. The predicted octanol–water partition coefficient (Wildman–Crippen LogP) is 1.80. The highest BCUT2D eigenvalue weighted by Crippen LogP contribution is 2.49. The number of carbonyl (C=O) groups is 2. The van der Waals surface area contributed by atoms with Gasteiger partial charge in [0, 0.05) is 49.5 Å². The van der Waals surface area contributed by atoms with Crippen LogP contribution in [0.5, 0.6) is 0 Å². The Kier molecular flexibility index (Phi) is 5.33. The molecule has 1 aromatic heterocycles. The molecule has 2 fully saturated rings. The summed E-state index contributed by atoms with van der Waals surface area (Å²) in [6.07, 6.45) is 2.95. The lowest BCUT2D eigenvalue weighted by molar-refractivity contribution is -0.139. The molecule has 1 aromatic carbocycles. The van der Waals surface area contributed by atoms with Crippen LogP contribution in [0.25, 0.3) is 0 Å². The van der Waals surface area contributed by atoms with E-state index in [1.807, 2.05) is 4.90 Å². The van der Waals surface area contributed by atoms with Crippen LogP contribution in [0.3, 0.4) is 0 Å². The van der Waals surface area contributed by atoms with E-state index in [1.54, 1.807) is 21.6 Å². The van der Waals surface area contributed by atoms with Crippen LogP contribution in [0.2, 0.25) is 0 Å². The minimum atomic E-state index is -0.660. The standard InChI is InChI=1S/C24H26FN3O4/c25-16-9-7-15(8-10-16)23(31)28-19-13-27-18(5-4-6-20(27)30)22(28)21(17(19)14-29)24(32)26-11-2-1-3-12-26/h4-10,17,19,21-22,29H,1-3,11-14H2/t17-,19-,21+,22+/m0/s1. The van der Waals surface area contributed by atoms with E-state index < -0.39 is 29.7 Å². The normalized spacial score (nSPS) is 26.7. The molecule has 32 heavy (non-hydrogen) atoms. The van der Waals surface area contributed by atoms with Crippen molar-refractivity contribution in [3.63, 3.8) is 0 Å². The molecule has 8 heteroatoms. The third-order valence-corrected chi connectivity index (χ3v) is 7.20. The molecule has 0 saturated carbocycles. The van der Waals surface area contributed by atoms with Gasteiger partial charge >= 0.3 is 0 Å². The van der Waals surface area contributed by atoms with Crippen LogP contribution in [0.4, 0.5) is 4.39 Å². The Hall–Kier alpha value is -3.00. The molecule has 2 saturated heterocycles. The van der Waals surface area contributed by atoms with Gasteiger partial charge < -0.3 is 19.5 Å². The molecular formula is C24H26FN3O4. The number of hydrogen-bond acceptors (Lipinski definition) is 4. The number of aliphatic hydroxyl groups is 1. The highest BCUT2D eigenvalue weighted by Gasteiger charge is 2.58. The number of benzene rings is 1. The minimum Gasteiger partial charge on any atom is -0.396 e. The first kappa shape index (κ1) is 20.9. The molecule has 0 radical (unpaired) electrons. The van der Waals surface area contributed by atoms with Crippen molar-refractivity contribution in [1.29, 1.82) is 0 Å². The zero-order valence-corrected chi connectivity index (χ0v) is 17.7. The number of piperidine rings is 1. The third-order valence-electron chi connectivity index (χ3n) is 7.20. The fourth-order valence-electron chi connectivity index (χ4n) is 5.68. The number of hydrogen-bond donors (Lipinski definition) is 1. The van der Waals surface area contributed by atoms with Gasteiger partial charge in [0.1, 0.15) is 5.82 Å². The highest BCUT2D eigenvalue weighted by molar-refractivity contribution is 5.96. The summed E-state index contributed by atoms with van der Waals surface area (Å²) in [5, 5.41) is 10.3. The molecule has 4 heterocycles. The zero-order chi connectivity index (χ0) is 22.4. The molecule has 168 valence electrons. The lowest BCUT2D eigenvalue weighted by Gasteiger charge is -2.38. The van der Waals surface area contributed by atoms with Crippen LogP contribution in [0.1, 0.15) is 41.4 Å². The van der Waals surface area contributed by atoms with Gasteiger partial charge in [0.25, 0.3) is 11.5 Å². The van der Waals surface area contributed by atoms with Crippen molar-refractivity contribution >= 4 is 11.8 Å². The Bertz CT molecular complexity index is 1090. The van der Waals surface area contributed by atoms with E-state index >= 15 is 0 Å². The van der Waals surface area contributed by atoms with Gasteiger partial charge in [-0.25, -0.2) is 4.39 Å². The second kappa shape index (κ2) is 8.16. The number of fused-ring (bicyclic) bond motifs is 4. The van der Waals surface area contributed by atoms with E-state index in [0.717, 1.165) is 19.3 Å². The summed E-state index contributed by atoms with van der Waals surface area (Å²) < 4.78 is 15.1. The topological polar surface area (TPSA) is 82.8 Å². The Balaban J connectivity index is 1.61. The molecule has 7 nitrogen and oxygen atoms in total. The fourth-order valence-corrected chi connectivity index (χ4v) is 5.68. The smallest absolute Gasteiger partial charge is 0.254 e. The van der Waals surface area contributed by atoms with Crippen molar-refractivity contribution in [1.82, 2.24) is 14.4 Å². The van der Waals surface area contributed by atoms with E-state index in [4.69, 9.17) is 0 Å². The highest BCUT2D eigenvalue weighted by atomic mass is 19.1. The molecule has 3 aliphatic rings. The van der Waals surface area contributed by atoms with Gasteiger partial charge in [0.05, 0.1) is 18.0 Å². The number of aromatic nitrogens is 1. The van der Waals surface area contributed by atoms with Crippen LogP contribution < -0.4 is 5.56 Å². The van der Waals surface area contributed by atoms with Gasteiger partial charge in [0.15, 0.2) is 0 Å². The molecule has 5 rings (SSSR count). The Morgan fingerprint density at radius 1 is 1.03 bits per heavy atom. The van der Waals surface area contributed by atoms with Crippen molar-refractivity contribution in [2.45, 2.75) is 37.9 Å². The number of amides is 2. The Morgan fingerprint density at radius 2 is 1.75 bits per heavy atom. The van der Waals surface area contributed by atoms with Gasteiger partial charge in [-0.3, -0.25) is 14.4 Å². The van der Waals surface area contributed by atoms with Crippen molar-refractivity contribution < 1.29 is 19.1 Å². The first-order chi connectivity index (χ1) is 15.5. The fraction of sp³-hybridized carbons (Fsp3) is 0.458. The summed E-state index contributed by atoms with van der Waals surface area (Å²) in [7, 11) is 0. The summed E-state index contributed by atoms with van der Waals surface area (Å²) in [6.45, 7) is 1.28. The molecule has 2 amide bonds. The molecule has 3 aliphatic heterocycles. The van der Waals surface area contributed by atoms with E-state index in [-0.39, 0.29) is 30.5 Å². The number of likely N-dealkylation sites (tertiary alicyclic amines) is 1. The largest absolute Gasteiger partial charge is 0.396 e. The summed E-state index contributed by atoms with van der Waals surface area (Å²) in [5.74, 6) is -1.96. The Labute approximate surface area is 185 Å². The predicted molar refractivity (Wildman–Crippen MR) is 114 cm³/mol. The quantitative estimate of drug-likeness (QED) is 0.791. The van der Waals surface area contributed by atoms with Crippen molar-refractivity contribution in [2.75, 3.05) is 19.7 Å². The van der Waals surface area contributed by atoms with Gasteiger partial charge in [-0.15, -0.1) is 0 Å². The molecule has 1 N–H and O–H groups in total. The van der Waals surface area contributed by atoms with Gasteiger partial charge in [-0.1, -0.05) is 6.07 Å². The first-order valence-corrected chi connectivity index (χ1v) is 11.2.